The Hall–Kier alpha value is -3.47. The van der Waals surface area contributed by atoms with Crippen LogP contribution in [0.25, 0.3) is 0 Å². The van der Waals surface area contributed by atoms with Gasteiger partial charge in [0.05, 0.1) is 12.1 Å². The van der Waals surface area contributed by atoms with Gasteiger partial charge in [0.2, 0.25) is 5.91 Å². The molecule has 2 aromatic heterocycles. The number of amides is 2. The van der Waals surface area contributed by atoms with Crippen LogP contribution in [0.4, 0.5) is 11.6 Å². The van der Waals surface area contributed by atoms with Crippen LogP contribution >= 0.6 is 11.6 Å². The third-order valence-electron chi connectivity index (χ3n) is 5.91. The van der Waals surface area contributed by atoms with Crippen molar-refractivity contribution in [1.29, 1.82) is 0 Å². The van der Waals surface area contributed by atoms with Crippen molar-refractivity contribution in [3.8, 4) is 0 Å². The summed E-state index contributed by atoms with van der Waals surface area (Å²) in [5.74, 6) is 0.267. The molecule has 12 heteroatoms. The lowest BCUT2D eigenvalue weighted by atomic mass is 9.88. The Balaban J connectivity index is 1.29. The molecule has 4 heterocycles. The van der Waals surface area contributed by atoms with Crippen LogP contribution in [-0.4, -0.2) is 69.8 Å². The highest BCUT2D eigenvalue weighted by Gasteiger charge is 2.40. The van der Waals surface area contributed by atoms with Crippen molar-refractivity contribution in [2.75, 3.05) is 37.7 Å². The number of pyridine rings is 1. The summed E-state index contributed by atoms with van der Waals surface area (Å²) in [6.45, 7) is 1.80. The summed E-state index contributed by atoms with van der Waals surface area (Å²) in [6.07, 6.45) is 6.13. The minimum atomic E-state index is -0.500. The van der Waals surface area contributed by atoms with Crippen LogP contribution < -0.4 is 21.7 Å². The molecule has 2 aliphatic heterocycles. The fraction of sp³-hybridized carbons (Fsp3) is 0.429. The lowest BCUT2D eigenvalue weighted by Crippen LogP contribution is -2.57. The van der Waals surface area contributed by atoms with Crippen LogP contribution in [0.2, 0.25) is 5.15 Å². The van der Waals surface area contributed by atoms with Gasteiger partial charge in [-0.1, -0.05) is 17.7 Å². The Labute approximate surface area is 196 Å². The number of nitrogens with one attached hydrogen (secondary N) is 3. The van der Waals surface area contributed by atoms with Gasteiger partial charge in [-0.25, -0.2) is 9.97 Å². The number of rotatable bonds is 5. The molecule has 11 nitrogen and oxygen atoms in total. The molecule has 0 atom stereocenters. The monoisotopic (exact) mass is 471 g/mol. The first kappa shape index (κ1) is 22.7. The van der Waals surface area contributed by atoms with Crippen LogP contribution in [0, 0.1) is 0 Å². The lowest BCUT2D eigenvalue weighted by Gasteiger charge is -2.39. The van der Waals surface area contributed by atoms with Gasteiger partial charge >= 0.3 is 0 Å². The topological polar surface area (TPSA) is 151 Å². The van der Waals surface area contributed by atoms with E-state index in [0.29, 0.717) is 38.4 Å². The van der Waals surface area contributed by atoms with Gasteiger partial charge in [0.15, 0.2) is 28.4 Å². The second-order valence-corrected chi connectivity index (χ2v) is 8.47. The molecule has 2 aliphatic rings. The number of carbonyl (C=O) groups excluding carboxylic acids is 2. The van der Waals surface area contributed by atoms with Crippen molar-refractivity contribution in [3.63, 3.8) is 0 Å². The number of halogens is 1. The fourth-order valence-electron chi connectivity index (χ4n) is 3.98. The molecule has 2 amide bonds. The number of anilines is 2. The molecule has 0 unspecified atom stereocenters. The van der Waals surface area contributed by atoms with Crippen molar-refractivity contribution in [2.45, 2.75) is 31.2 Å². The van der Waals surface area contributed by atoms with Crippen LogP contribution in [0.1, 0.15) is 35.3 Å². The molecule has 33 heavy (non-hydrogen) atoms. The molecule has 5 N–H and O–H groups in total. The molecule has 1 spiro atoms. The first-order valence-electron chi connectivity index (χ1n) is 10.7. The normalized spacial score (nSPS) is 16.8. The summed E-state index contributed by atoms with van der Waals surface area (Å²) >= 11 is 5.93. The fourth-order valence-corrected chi connectivity index (χ4v) is 4.11. The van der Waals surface area contributed by atoms with Crippen molar-refractivity contribution in [2.24, 2.45) is 4.99 Å². The van der Waals surface area contributed by atoms with Crippen LogP contribution in [0.5, 0.6) is 0 Å². The third kappa shape index (κ3) is 5.14. The minimum absolute atomic E-state index is 0.0242. The molecule has 0 bridgehead atoms. The van der Waals surface area contributed by atoms with E-state index in [2.05, 4.69) is 35.9 Å². The molecule has 2 aromatic rings. The van der Waals surface area contributed by atoms with Gasteiger partial charge in [-0.05, 0) is 30.9 Å². The smallest absolute Gasteiger partial charge is 0.280 e. The Bertz CT molecular complexity index is 1070. The highest BCUT2D eigenvalue weighted by molar-refractivity contribution is 6.31. The summed E-state index contributed by atoms with van der Waals surface area (Å²) in [4.78, 5) is 43.8. The van der Waals surface area contributed by atoms with Gasteiger partial charge in [0.25, 0.3) is 5.91 Å². The van der Waals surface area contributed by atoms with E-state index in [9.17, 15) is 9.59 Å². The number of aliphatic imine (C=N–C) groups is 1. The van der Waals surface area contributed by atoms with Crippen molar-refractivity contribution in [3.05, 3.63) is 40.9 Å². The molecule has 0 aromatic carbocycles. The highest BCUT2D eigenvalue weighted by atomic mass is 35.5. The largest absolute Gasteiger partial charge is 0.381 e. The van der Waals surface area contributed by atoms with Crippen LogP contribution in [0.3, 0.4) is 0 Å². The summed E-state index contributed by atoms with van der Waals surface area (Å²) < 4.78 is 0. The van der Waals surface area contributed by atoms with Gasteiger partial charge in [0.1, 0.15) is 0 Å². The first-order chi connectivity index (χ1) is 15.9. The molecule has 1 saturated heterocycles. The van der Waals surface area contributed by atoms with E-state index in [0.717, 1.165) is 18.4 Å². The average Bonchev–Trinajstić information content (AvgIpc) is 3.21. The van der Waals surface area contributed by atoms with Gasteiger partial charge < -0.3 is 21.3 Å². The number of likely N-dealkylation sites (tertiary alicyclic amines) is 1. The second-order valence-electron chi connectivity index (χ2n) is 8.11. The second kappa shape index (κ2) is 9.57. The standard InChI is InChI=1S/C21H26ClN9O2/c1-24-18-15(27-16(22)17(23)28-18)19(33)29-20-26-12-21(30-20)6-9-31(10-7-21)14(32)5-4-13-3-2-8-25-11-13/h2-3,8,11H,4-7,9-10,12H2,1H3,(H3,23,24,28)(H2,26,29,30,33). The quantitative estimate of drug-likeness (QED) is 0.500. The van der Waals surface area contributed by atoms with Gasteiger partial charge in [-0.15, -0.1) is 0 Å². The highest BCUT2D eigenvalue weighted by Crippen LogP contribution is 2.26. The zero-order valence-electron chi connectivity index (χ0n) is 18.3. The van der Waals surface area contributed by atoms with E-state index in [1.54, 1.807) is 19.4 Å². The number of aromatic nitrogens is 3. The molecule has 174 valence electrons. The number of guanidine groups is 1. The molecule has 0 saturated carbocycles. The van der Waals surface area contributed by atoms with Crippen molar-refractivity contribution < 1.29 is 9.59 Å². The van der Waals surface area contributed by atoms with E-state index in [1.807, 2.05) is 17.0 Å². The molecular weight excluding hydrogens is 446 g/mol. The summed E-state index contributed by atoms with van der Waals surface area (Å²) in [6, 6.07) is 3.85. The number of hydrogen-bond donors (Lipinski definition) is 4. The van der Waals surface area contributed by atoms with E-state index in [1.165, 1.54) is 0 Å². The SMILES string of the molecule is CNc1nc(N)c(Cl)nc1C(=O)NC1=NCC2(CCN(C(=O)CCc3cccnc3)CC2)N1. The molecule has 0 aliphatic carbocycles. The van der Waals surface area contributed by atoms with Gasteiger partial charge in [0, 0.05) is 39.0 Å². The number of nitrogens with zero attached hydrogens (tertiary/aromatic N) is 5. The predicted molar refractivity (Wildman–Crippen MR) is 125 cm³/mol. The number of nitrogens with two attached hydrogens (primary N) is 1. The Morgan fingerprint density at radius 2 is 2.09 bits per heavy atom. The average molecular weight is 472 g/mol. The maximum Gasteiger partial charge on any atom is 0.280 e. The summed E-state index contributed by atoms with van der Waals surface area (Å²) in [5, 5.41) is 8.81. The van der Waals surface area contributed by atoms with E-state index < -0.39 is 5.91 Å². The van der Waals surface area contributed by atoms with Crippen molar-refractivity contribution in [1.82, 2.24) is 30.5 Å². The Kier molecular flexibility index (Phi) is 6.59. The molecule has 1 fully saturated rings. The Morgan fingerprint density at radius 1 is 1.30 bits per heavy atom. The number of aryl methyl sites for hydroxylation is 1. The zero-order valence-corrected chi connectivity index (χ0v) is 19.0. The van der Waals surface area contributed by atoms with E-state index in [4.69, 9.17) is 17.3 Å². The molecule has 0 radical (unpaired) electrons. The maximum atomic E-state index is 12.7. The van der Waals surface area contributed by atoms with Crippen LogP contribution in [0.15, 0.2) is 29.5 Å². The summed E-state index contributed by atoms with van der Waals surface area (Å²) in [5.41, 5.74) is 6.46. The third-order valence-corrected chi connectivity index (χ3v) is 6.19. The van der Waals surface area contributed by atoms with Crippen molar-refractivity contribution >= 4 is 41.0 Å². The number of piperidine rings is 1. The van der Waals surface area contributed by atoms with E-state index in [-0.39, 0.29) is 33.9 Å². The lowest BCUT2D eigenvalue weighted by molar-refractivity contribution is -0.132. The van der Waals surface area contributed by atoms with Crippen LogP contribution in [-0.2, 0) is 11.2 Å². The number of hydrogen-bond acceptors (Lipinski definition) is 9. The maximum absolute atomic E-state index is 12.7. The molecule has 4 rings (SSSR count). The number of carbonyl (C=O) groups is 2. The first-order valence-corrected chi connectivity index (χ1v) is 11.1. The summed E-state index contributed by atoms with van der Waals surface area (Å²) in [7, 11) is 1.61. The predicted octanol–water partition coefficient (Wildman–Crippen LogP) is 0.832. The van der Waals surface area contributed by atoms with Gasteiger partial charge in [-0.3, -0.25) is 24.9 Å². The number of nitrogen functional groups attached to an aromatic ring is 1. The van der Waals surface area contributed by atoms with E-state index >= 15 is 0 Å². The minimum Gasteiger partial charge on any atom is -0.381 e. The Morgan fingerprint density at radius 3 is 2.79 bits per heavy atom. The molecular formula is C21H26ClN9O2. The zero-order chi connectivity index (χ0) is 23.4. The van der Waals surface area contributed by atoms with Gasteiger partial charge in [-0.2, -0.15) is 0 Å².